The molecule has 0 spiro atoms. The fraction of sp³-hybridized carbons (Fsp3) is 0.364. The van der Waals surface area contributed by atoms with Gasteiger partial charge in [0.05, 0.1) is 6.10 Å². The maximum Gasteiger partial charge on any atom is 0.254 e. The van der Waals surface area contributed by atoms with E-state index in [1.165, 1.54) is 4.90 Å². The van der Waals surface area contributed by atoms with E-state index in [4.69, 9.17) is 0 Å². The van der Waals surface area contributed by atoms with Gasteiger partial charge in [-0.15, -0.1) is 0 Å². The van der Waals surface area contributed by atoms with E-state index < -0.39 is 23.6 Å². The normalized spacial score (nSPS) is 20.2. The minimum absolute atomic E-state index is 0.0217. The molecule has 3 nitrogen and oxygen atoms in total. The quantitative estimate of drug-likeness (QED) is 0.782. The number of nitrogens with zero attached hydrogens (tertiary/aromatic N) is 1. The van der Waals surface area contributed by atoms with Gasteiger partial charge in [-0.25, -0.2) is 8.78 Å². The van der Waals surface area contributed by atoms with E-state index in [9.17, 15) is 18.7 Å². The van der Waals surface area contributed by atoms with E-state index in [1.807, 2.05) is 0 Å². The average molecular weight is 227 g/mol. The molecule has 5 heteroatoms. The summed E-state index contributed by atoms with van der Waals surface area (Å²) in [7, 11) is 0. The molecule has 2 rings (SSSR count). The van der Waals surface area contributed by atoms with Crippen LogP contribution in [0.4, 0.5) is 8.78 Å². The van der Waals surface area contributed by atoms with E-state index in [0.717, 1.165) is 18.2 Å². The maximum atomic E-state index is 12.9. The largest absolute Gasteiger partial charge is 0.391 e. The molecule has 0 unspecified atom stereocenters. The van der Waals surface area contributed by atoms with Crippen LogP contribution < -0.4 is 0 Å². The summed E-state index contributed by atoms with van der Waals surface area (Å²) in [6.45, 7) is 0.634. The number of halogens is 2. The molecule has 1 fully saturated rings. The first-order valence-electron chi connectivity index (χ1n) is 4.99. The summed E-state index contributed by atoms with van der Waals surface area (Å²) in [5, 5.41) is 9.26. The van der Waals surface area contributed by atoms with E-state index >= 15 is 0 Å². The fourth-order valence-electron chi connectivity index (χ4n) is 1.79. The molecule has 0 saturated carbocycles. The summed E-state index contributed by atoms with van der Waals surface area (Å²) in [6, 6.07) is 2.71. The summed E-state index contributed by atoms with van der Waals surface area (Å²) in [4.78, 5) is 13.2. The first-order chi connectivity index (χ1) is 7.56. The second-order valence-electron chi connectivity index (χ2n) is 3.85. The third kappa shape index (κ3) is 2.19. The molecular weight excluding hydrogens is 216 g/mol. The standard InChI is InChI=1S/C11H11F2NO2/c12-8-3-7(4-9(13)5-8)11(16)14-2-1-10(15)6-14/h3-5,10,15H,1-2,6H2/t10-/m0/s1. The van der Waals surface area contributed by atoms with Crippen molar-refractivity contribution in [2.45, 2.75) is 12.5 Å². The van der Waals surface area contributed by atoms with Gasteiger partial charge in [0.2, 0.25) is 0 Å². The van der Waals surface area contributed by atoms with Crippen molar-refractivity contribution < 1.29 is 18.7 Å². The van der Waals surface area contributed by atoms with Crippen LogP contribution in [-0.2, 0) is 0 Å². The number of aliphatic hydroxyl groups is 1. The molecule has 16 heavy (non-hydrogen) atoms. The molecule has 1 heterocycles. The summed E-state index contributed by atoms with van der Waals surface area (Å²) < 4.78 is 25.8. The molecule has 86 valence electrons. The van der Waals surface area contributed by atoms with Gasteiger partial charge in [-0.05, 0) is 18.6 Å². The van der Waals surface area contributed by atoms with Gasteiger partial charge < -0.3 is 10.0 Å². The maximum absolute atomic E-state index is 12.9. The Labute approximate surface area is 91.3 Å². The molecule has 1 atom stereocenters. The third-order valence-corrected chi connectivity index (χ3v) is 2.56. The Bertz CT molecular complexity index is 402. The van der Waals surface area contributed by atoms with Crippen LogP contribution in [0.5, 0.6) is 0 Å². The minimum Gasteiger partial charge on any atom is -0.391 e. The SMILES string of the molecule is O=C(c1cc(F)cc(F)c1)N1CC[C@H](O)C1. The van der Waals surface area contributed by atoms with Crippen molar-refractivity contribution in [3.8, 4) is 0 Å². The Morgan fingerprint density at radius 2 is 1.94 bits per heavy atom. The van der Waals surface area contributed by atoms with Crippen molar-refractivity contribution in [3.63, 3.8) is 0 Å². The van der Waals surface area contributed by atoms with E-state index in [0.29, 0.717) is 13.0 Å². The first-order valence-corrected chi connectivity index (χ1v) is 4.99. The van der Waals surface area contributed by atoms with Gasteiger partial charge in [-0.1, -0.05) is 0 Å². The number of amides is 1. The van der Waals surface area contributed by atoms with Gasteiger partial charge in [0.15, 0.2) is 0 Å². The van der Waals surface area contributed by atoms with Gasteiger partial charge in [0, 0.05) is 24.7 Å². The highest BCUT2D eigenvalue weighted by Gasteiger charge is 2.25. The van der Waals surface area contributed by atoms with Crippen molar-refractivity contribution in [3.05, 3.63) is 35.4 Å². The highest BCUT2D eigenvalue weighted by Crippen LogP contribution is 2.15. The number of carbonyl (C=O) groups excluding carboxylic acids is 1. The molecule has 1 N–H and O–H groups in total. The van der Waals surface area contributed by atoms with Crippen LogP contribution in [-0.4, -0.2) is 35.1 Å². The molecule has 0 bridgehead atoms. The van der Waals surface area contributed by atoms with Crippen molar-refractivity contribution in [1.82, 2.24) is 4.90 Å². The number of carbonyl (C=O) groups is 1. The second-order valence-corrected chi connectivity index (χ2v) is 3.85. The Morgan fingerprint density at radius 1 is 1.31 bits per heavy atom. The lowest BCUT2D eigenvalue weighted by atomic mass is 10.2. The molecule has 1 aliphatic heterocycles. The molecule has 1 aromatic rings. The van der Waals surface area contributed by atoms with E-state index in [-0.39, 0.29) is 12.1 Å². The molecular formula is C11H11F2NO2. The van der Waals surface area contributed by atoms with Gasteiger partial charge in [0.25, 0.3) is 5.91 Å². The number of rotatable bonds is 1. The number of hydrogen-bond donors (Lipinski definition) is 1. The Balaban J connectivity index is 2.20. The third-order valence-electron chi connectivity index (χ3n) is 2.56. The predicted molar refractivity (Wildman–Crippen MR) is 52.9 cm³/mol. The summed E-state index contributed by atoms with van der Waals surface area (Å²) in [6.07, 6.45) is -0.0360. The monoisotopic (exact) mass is 227 g/mol. The predicted octanol–water partition coefficient (Wildman–Crippen LogP) is 1.17. The smallest absolute Gasteiger partial charge is 0.254 e. The Kier molecular flexibility index (Phi) is 2.87. The summed E-state index contributed by atoms with van der Waals surface area (Å²) in [5.41, 5.74) is -0.0217. The van der Waals surface area contributed by atoms with Crippen LogP contribution in [0.2, 0.25) is 0 Å². The lowest BCUT2D eigenvalue weighted by molar-refractivity contribution is 0.0764. The minimum atomic E-state index is -0.775. The molecule has 1 saturated heterocycles. The van der Waals surface area contributed by atoms with Gasteiger partial charge in [-0.3, -0.25) is 4.79 Å². The van der Waals surface area contributed by atoms with Crippen LogP contribution in [0.25, 0.3) is 0 Å². The lowest BCUT2D eigenvalue weighted by Crippen LogP contribution is -2.29. The van der Waals surface area contributed by atoms with Gasteiger partial charge in [0.1, 0.15) is 11.6 Å². The van der Waals surface area contributed by atoms with Crippen LogP contribution in [0.15, 0.2) is 18.2 Å². The van der Waals surface area contributed by atoms with Crippen LogP contribution in [0, 0.1) is 11.6 Å². The second kappa shape index (κ2) is 4.17. The Hall–Kier alpha value is -1.49. The number of benzene rings is 1. The summed E-state index contributed by atoms with van der Waals surface area (Å²) in [5.74, 6) is -2.00. The number of likely N-dealkylation sites (tertiary alicyclic amines) is 1. The van der Waals surface area contributed by atoms with Gasteiger partial charge >= 0.3 is 0 Å². The van der Waals surface area contributed by atoms with Crippen molar-refractivity contribution in [1.29, 1.82) is 0 Å². The highest BCUT2D eigenvalue weighted by molar-refractivity contribution is 5.94. The zero-order chi connectivity index (χ0) is 11.7. The van der Waals surface area contributed by atoms with Crippen LogP contribution >= 0.6 is 0 Å². The number of β-amino-alcohol motifs (C(OH)–C–C–N with tert-alkyl or cyclic N) is 1. The van der Waals surface area contributed by atoms with E-state index in [1.54, 1.807) is 0 Å². The topological polar surface area (TPSA) is 40.5 Å². The molecule has 1 amide bonds. The molecule has 0 aliphatic carbocycles. The Morgan fingerprint density at radius 3 is 2.44 bits per heavy atom. The van der Waals surface area contributed by atoms with Gasteiger partial charge in [-0.2, -0.15) is 0 Å². The molecule has 1 aromatic carbocycles. The molecule has 0 radical (unpaired) electrons. The van der Waals surface area contributed by atoms with Crippen molar-refractivity contribution in [2.24, 2.45) is 0 Å². The van der Waals surface area contributed by atoms with Crippen LogP contribution in [0.3, 0.4) is 0 Å². The first kappa shape index (κ1) is 11.0. The fourth-order valence-corrected chi connectivity index (χ4v) is 1.79. The molecule has 1 aliphatic rings. The lowest BCUT2D eigenvalue weighted by Gasteiger charge is -2.15. The highest BCUT2D eigenvalue weighted by atomic mass is 19.1. The average Bonchev–Trinajstić information content (AvgIpc) is 2.62. The van der Waals surface area contributed by atoms with Crippen LogP contribution in [0.1, 0.15) is 16.8 Å². The summed E-state index contributed by atoms with van der Waals surface area (Å²) >= 11 is 0. The molecule has 0 aromatic heterocycles. The van der Waals surface area contributed by atoms with E-state index in [2.05, 4.69) is 0 Å². The van der Waals surface area contributed by atoms with Crippen molar-refractivity contribution >= 4 is 5.91 Å². The number of aliphatic hydroxyl groups excluding tert-OH is 1. The zero-order valence-electron chi connectivity index (χ0n) is 8.49. The zero-order valence-corrected chi connectivity index (χ0v) is 8.49. The number of hydrogen-bond acceptors (Lipinski definition) is 2. The van der Waals surface area contributed by atoms with Crippen molar-refractivity contribution in [2.75, 3.05) is 13.1 Å².